The van der Waals surface area contributed by atoms with Crippen LogP contribution >= 0.6 is 11.6 Å². The molecule has 5 heteroatoms. The lowest BCUT2D eigenvalue weighted by atomic mass is 10.0. The highest BCUT2D eigenvalue weighted by atomic mass is 35.5. The Balaban J connectivity index is 2.10. The van der Waals surface area contributed by atoms with Gasteiger partial charge < -0.3 is 9.64 Å². The van der Waals surface area contributed by atoms with E-state index in [0.717, 1.165) is 18.4 Å². The first-order valence-corrected chi connectivity index (χ1v) is 7.12. The molecule has 1 amide bonds. The molecule has 0 aromatic heterocycles. The third-order valence-corrected chi connectivity index (χ3v) is 3.96. The van der Waals surface area contributed by atoms with Crippen molar-refractivity contribution in [2.75, 3.05) is 13.7 Å². The second kappa shape index (κ2) is 6.75. The van der Waals surface area contributed by atoms with Crippen molar-refractivity contribution in [1.29, 1.82) is 0 Å². The maximum atomic E-state index is 12.4. The molecule has 0 spiro atoms. The SMILES string of the molecule is COC(=O)C1CCCCN1C(=O)Cc1ccccc1Cl. The van der Waals surface area contributed by atoms with Crippen LogP contribution in [0.3, 0.4) is 0 Å². The van der Waals surface area contributed by atoms with Gasteiger partial charge in [-0.1, -0.05) is 29.8 Å². The molecule has 4 nitrogen and oxygen atoms in total. The van der Waals surface area contributed by atoms with E-state index in [0.29, 0.717) is 18.0 Å². The van der Waals surface area contributed by atoms with Crippen molar-refractivity contribution >= 4 is 23.5 Å². The fourth-order valence-electron chi connectivity index (χ4n) is 2.52. The van der Waals surface area contributed by atoms with Crippen LogP contribution in [0.1, 0.15) is 24.8 Å². The number of methoxy groups -OCH3 is 1. The lowest BCUT2D eigenvalue weighted by Crippen LogP contribution is -2.49. The highest BCUT2D eigenvalue weighted by molar-refractivity contribution is 6.31. The minimum Gasteiger partial charge on any atom is -0.467 e. The Hall–Kier alpha value is -1.55. The molecule has 108 valence electrons. The zero-order valence-electron chi connectivity index (χ0n) is 11.5. The molecule has 0 bridgehead atoms. The monoisotopic (exact) mass is 295 g/mol. The quantitative estimate of drug-likeness (QED) is 0.805. The summed E-state index contributed by atoms with van der Waals surface area (Å²) in [4.78, 5) is 25.8. The third kappa shape index (κ3) is 3.31. The van der Waals surface area contributed by atoms with Crippen LogP contribution in [0.4, 0.5) is 0 Å². The average molecular weight is 296 g/mol. The van der Waals surface area contributed by atoms with Crippen molar-refractivity contribution < 1.29 is 14.3 Å². The zero-order chi connectivity index (χ0) is 14.5. The number of ether oxygens (including phenoxy) is 1. The van der Waals surface area contributed by atoms with E-state index in [-0.39, 0.29) is 18.3 Å². The van der Waals surface area contributed by atoms with E-state index in [1.54, 1.807) is 11.0 Å². The van der Waals surface area contributed by atoms with Gasteiger partial charge in [0.1, 0.15) is 6.04 Å². The maximum Gasteiger partial charge on any atom is 0.328 e. The number of halogens is 1. The Bertz CT molecular complexity index is 504. The van der Waals surface area contributed by atoms with Gasteiger partial charge in [-0.3, -0.25) is 4.79 Å². The number of nitrogens with zero attached hydrogens (tertiary/aromatic N) is 1. The molecule has 0 radical (unpaired) electrons. The Labute approximate surface area is 123 Å². The van der Waals surface area contributed by atoms with Gasteiger partial charge in [0, 0.05) is 11.6 Å². The van der Waals surface area contributed by atoms with Crippen LogP contribution in [0.2, 0.25) is 5.02 Å². The minimum atomic E-state index is -0.455. The van der Waals surface area contributed by atoms with Gasteiger partial charge in [-0.15, -0.1) is 0 Å². The van der Waals surface area contributed by atoms with Crippen molar-refractivity contribution in [1.82, 2.24) is 4.90 Å². The van der Waals surface area contributed by atoms with E-state index in [9.17, 15) is 9.59 Å². The maximum absolute atomic E-state index is 12.4. The summed E-state index contributed by atoms with van der Waals surface area (Å²) in [6.45, 7) is 0.600. The molecular weight excluding hydrogens is 278 g/mol. The van der Waals surface area contributed by atoms with E-state index in [1.165, 1.54) is 7.11 Å². The number of esters is 1. The normalized spacial score (nSPS) is 18.7. The van der Waals surface area contributed by atoms with Crippen LogP contribution < -0.4 is 0 Å². The van der Waals surface area contributed by atoms with Gasteiger partial charge in [0.2, 0.25) is 5.91 Å². The number of hydrogen-bond donors (Lipinski definition) is 0. The number of benzene rings is 1. The lowest BCUT2D eigenvalue weighted by Gasteiger charge is -2.33. The number of amides is 1. The molecule has 1 fully saturated rings. The zero-order valence-corrected chi connectivity index (χ0v) is 12.2. The Morgan fingerprint density at radius 1 is 1.35 bits per heavy atom. The molecule has 20 heavy (non-hydrogen) atoms. The Morgan fingerprint density at radius 2 is 2.10 bits per heavy atom. The number of likely N-dealkylation sites (tertiary alicyclic amines) is 1. The third-order valence-electron chi connectivity index (χ3n) is 3.60. The van der Waals surface area contributed by atoms with Crippen LogP contribution in [-0.4, -0.2) is 36.5 Å². The standard InChI is InChI=1S/C15H18ClNO3/c1-20-15(19)13-8-4-5-9-17(13)14(18)10-11-6-2-3-7-12(11)16/h2-3,6-7,13H,4-5,8-10H2,1H3. The molecule has 0 saturated carbocycles. The summed E-state index contributed by atoms with van der Waals surface area (Å²) in [6, 6.07) is 6.82. The van der Waals surface area contributed by atoms with Gasteiger partial charge in [-0.25, -0.2) is 4.79 Å². The fraction of sp³-hybridized carbons (Fsp3) is 0.467. The summed E-state index contributed by atoms with van der Waals surface area (Å²) in [5.74, 6) is -0.412. The van der Waals surface area contributed by atoms with E-state index in [2.05, 4.69) is 0 Å². The fourth-order valence-corrected chi connectivity index (χ4v) is 2.72. The topological polar surface area (TPSA) is 46.6 Å². The molecule has 1 unspecified atom stereocenters. The number of carbonyl (C=O) groups excluding carboxylic acids is 2. The van der Waals surface area contributed by atoms with Gasteiger partial charge >= 0.3 is 5.97 Å². The number of rotatable bonds is 3. The number of piperidine rings is 1. The Kier molecular flexibility index (Phi) is 5.01. The highest BCUT2D eigenvalue weighted by Crippen LogP contribution is 2.21. The first-order valence-electron chi connectivity index (χ1n) is 6.74. The molecule has 2 rings (SSSR count). The smallest absolute Gasteiger partial charge is 0.328 e. The summed E-state index contributed by atoms with van der Waals surface area (Å²) in [7, 11) is 1.35. The highest BCUT2D eigenvalue weighted by Gasteiger charge is 2.32. The second-order valence-corrected chi connectivity index (χ2v) is 5.30. The molecular formula is C15H18ClNO3. The Morgan fingerprint density at radius 3 is 2.80 bits per heavy atom. The van der Waals surface area contributed by atoms with Gasteiger partial charge in [0.25, 0.3) is 0 Å². The van der Waals surface area contributed by atoms with Crippen LogP contribution in [0.5, 0.6) is 0 Å². The predicted molar refractivity (Wildman–Crippen MR) is 76.5 cm³/mol. The van der Waals surface area contributed by atoms with E-state index in [1.807, 2.05) is 18.2 Å². The first kappa shape index (κ1) is 14.9. The molecule has 1 aliphatic rings. The van der Waals surface area contributed by atoms with Crippen molar-refractivity contribution in [3.63, 3.8) is 0 Å². The minimum absolute atomic E-state index is 0.0757. The van der Waals surface area contributed by atoms with Crippen LogP contribution in [-0.2, 0) is 20.7 Å². The lowest BCUT2D eigenvalue weighted by molar-refractivity contribution is -0.154. The van der Waals surface area contributed by atoms with Crippen molar-refractivity contribution in [2.45, 2.75) is 31.7 Å². The van der Waals surface area contributed by atoms with Gasteiger partial charge in [-0.2, -0.15) is 0 Å². The summed E-state index contributed by atoms with van der Waals surface area (Å²) < 4.78 is 4.79. The molecule has 1 aromatic rings. The summed E-state index contributed by atoms with van der Waals surface area (Å²) in [6.07, 6.45) is 2.74. The molecule has 0 aliphatic carbocycles. The van der Waals surface area contributed by atoms with E-state index < -0.39 is 6.04 Å². The number of hydrogen-bond acceptors (Lipinski definition) is 3. The second-order valence-electron chi connectivity index (χ2n) is 4.89. The van der Waals surface area contributed by atoms with Gasteiger partial charge in [-0.05, 0) is 30.9 Å². The average Bonchev–Trinajstić information content (AvgIpc) is 2.48. The molecule has 1 saturated heterocycles. The molecule has 1 aromatic carbocycles. The molecule has 1 aliphatic heterocycles. The molecule has 0 N–H and O–H groups in total. The first-order chi connectivity index (χ1) is 9.63. The van der Waals surface area contributed by atoms with Crippen LogP contribution in [0, 0.1) is 0 Å². The van der Waals surface area contributed by atoms with E-state index in [4.69, 9.17) is 16.3 Å². The summed E-state index contributed by atoms with van der Waals surface area (Å²) in [5, 5.41) is 0.576. The number of carbonyl (C=O) groups is 2. The summed E-state index contributed by atoms with van der Waals surface area (Å²) in [5.41, 5.74) is 0.786. The van der Waals surface area contributed by atoms with Crippen LogP contribution in [0.25, 0.3) is 0 Å². The van der Waals surface area contributed by atoms with E-state index >= 15 is 0 Å². The molecule has 1 heterocycles. The van der Waals surface area contributed by atoms with Crippen molar-refractivity contribution in [2.24, 2.45) is 0 Å². The largest absolute Gasteiger partial charge is 0.467 e. The summed E-state index contributed by atoms with van der Waals surface area (Å²) >= 11 is 6.07. The van der Waals surface area contributed by atoms with Gasteiger partial charge in [0.15, 0.2) is 0 Å². The van der Waals surface area contributed by atoms with Crippen molar-refractivity contribution in [3.05, 3.63) is 34.9 Å². The van der Waals surface area contributed by atoms with Crippen molar-refractivity contribution in [3.8, 4) is 0 Å². The van der Waals surface area contributed by atoms with Gasteiger partial charge in [0.05, 0.1) is 13.5 Å². The predicted octanol–water partition coefficient (Wildman–Crippen LogP) is 2.44. The van der Waals surface area contributed by atoms with Crippen LogP contribution in [0.15, 0.2) is 24.3 Å². The molecule has 1 atom stereocenters.